The topological polar surface area (TPSA) is 55.8 Å². The average Bonchev–Trinajstić information content (AvgIpc) is 3.02. The molecule has 2 aromatic carbocycles. The molecule has 0 spiro atoms. The Bertz CT molecular complexity index is 828. The van der Waals surface area contributed by atoms with Crippen LogP contribution in [0.1, 0.15) is 13.8 Å². The Morgan fingerprint density at radius 3 is 2.08 bits per heavy atom. The monoisotopic (exact) mass is 369 g/mol. The van der Waals surface area contributed by atoms with Crippen molar-refractivity contribution in [2.24, 2.45) is 0 Å². The van der Waals surface area contributed by atoms with Crippen molar-refractivity contribution >= 4 is 35.1 Å². The summed E-state index contributed by atoms with van der Waals surface area (Å²) in [6.45, 7) is 3.77. The zero-order chi connectivity index (χ0) is 18.5. The minimum Gasteiger partial charge on any atom is -0.462 e. The van der Waals surface area contributed by atoms with Gasteiger partial charge in [-0.05, 0) is 38.1 Å². The van der Waals surface area contributed by atoms with E-state index in [9.17, 15) is 9.59 Å². The maximum Gasteiger partial charge on any atom is 0.348 e. The number of esters is 2. The summed E-state index contributed by atoms with van der Waals surface area (Å²) in [6, 6.07) is 17.3. The van der Waals surface area contributed by atoms with Crippen molar-refractivity contribution in [2.75, 3.05) is 18.1 Å². The smallest absolute Gasteiger partial charge is 0.348 e. The fourth-order valence-electron chi connectivity index (χ4n) is 2.65. The number of anilines is 2. The second-order valence-corrected chi connectivity index (χ2v) is 6.39. The molecule has 0 aromatic heterocycles. The molecule has 2 aromatic rings. The van der Waals surface area contributed by atoms with E-state index in [4.69, 9.17) is 9.47 Å². The van der Waals surface area contributed by atoms with Gasteiger partial charge >= 0.3 is 11.9 Å². The Hall–Kier alpha value is -2.73. The number of nitrogens with zero attached hydrogens (tertiary/aromatic N) is 1. The van der Waals surface area contributed by atoms with Crippen LogP contribution in [0.3, 0.4) is 0 Å². The molecule has 0 bridgehead atoms. The van der Waals surface area contributed by atoms with Gasteiger partial charge in [0.05, 0.1) is 18.9 Å². The molecule has 1 heterocycles. The number of hydrogen-bond acceptors (Lipinski definition) is 6. The summed E-state index contributed by atoms with van der Waals surface area (Å²) in [5.41, 5.74) is 1.68. The van der Waals surface area contributed by atoms with E-state index < -0.39 is 11.9 Å². The van der Waals surface area contributed by atoms with Gasteiger partial charge in [-0.15, -0.1) is 0 Å². The molecule has 5 nitrogen and oxygen atoms in total. The first kappa shape index (κ1) is 18.1. The van der Waals surface area contributed by atoms with Crippen molar-refractivity contribution in [1.82, 2.24) is 0 Å². The molecular formula is C20H19NO4S. The van der Waals surface area contributed by atoms with E-state index >= 15 is 0 Å². The summed E-state index contributed by atoms with van der Waals surface area (Å²) < 4.78 is 10.3. The Morgan fingerprint density at radius 1 is 0.885 bits per heavy atom. The highest BCUT2D eigenvalue weighted by molar-refractivity contribution is 8.03. The Kier molecular flexibility index (Phi) is 5.63. The Balaban J connectivity index is 2.19. The highest BCUT2D eigenvalue weighted by Gasteiger charge is 2.35. The summed E-state index contributed by atoms with van der Waals surface area (Å²) in [6.07, 6.45) is 0. The molecule has 0 unspecified atom stereocenters. The molecule has 0 radical (unpaired) electrons. The van der Waals surface area contributed by atoms with Gasteiger partial charge in [-0.1, -0.05) is 42.1 Å². The van der Waals surface area contributed by atoms with Crippen molar-refractivity contribution in [1.29, 1.82) is 0 Å². The van der Waals surface area contributed by atoms with E-state index in [0.717, 1.165) is 16.3 Å². The lowest BCUT2D eigenvalue weighted by Gasteiger charge is -2.22. The third-order valence-electron chi connectivity index (χ3n) is 3.70. The van der Waals surface area contributed by atoms with Gasteiger partial charge in [0.25, 0.3) is 0 Å². The lowest BCUT2D eigenvalue weighted by molar-refractivity contribution is -0.146. The predicted molar refractivity (Wildman–Crippen MR) is 101 cm³/mol. The number of para-hydroxylation sites is 2. The number of carbonyl (C=O) groups is 2. The minimum absolute atomic E-state index is 0.0845. The van der Waals surface area contributed by atoms with Crippen molar-refractivity contribution in [2.45, 2.75) is 18.7 Å². The number of carbonyl (C=O) groups excluding carboxylic acids is 2. The van der Waals surface area contributed by atoms with Crippen LogP contribution in [0.15, 0.2) is 70.1 Å². The molecule has 0 amide bonds. The summed E-state index contributed by atoms with van der Waals surface area (Å²) in [5.74, 6) is -1.36. The first-order chi connectivity index (χ1) is 12.7. The number of rotatable bonds is 5. The van der Waals surface area contributed by atoms with Gasteiger partial charge in [0.15, 0.2) is 5.57 Å². The van der Waals surface area contributed by atoms with Crippen LogP contribution in [0.2, 0.25) is 0 Å². The first-order valence-corrected chi connectivity index (χ1v) is 9.19. The molecule has 1 aliphatic heterocycles. The zero-order valence-electron chi connectivity index (χ0n) is 14.6. The van der Waals surface area contributed by atoms with Crippen LogP contribution < -0.4 is 4.90 Å². The standard InChI is InChI=1S/C20H19NO4S/c1-3-24-19(22)17(20(23)25-4-2)18-21(14-10-6-5-7-11-14)15-12-8-9-13-16(15)26-18/h5-13H,3-4H2,1-2H3. The fraction of sp³-hybridized carbons (Fsp3) is 0.200. The van der Waals surface area contributed by atoms with Crippen LogP contribution in [-0.4, -0.2) is 25.2 Å². The molecule has 0 fully saturated rings. The molecule has 3 rings (SSSR count). The van der Waals surface area contributed by atoms with Crippen molar-refractivity contribution in [3.63, 3.8) is 0 Å². The lowest BCUT2D eigenvalue weighted by atomic mass is 10.2. The van der Waals surface area contributed by atoms with Crippen LogP contribution in [0, 0.1) is 0 Å². The van der Waals surface area contributed by atoms with Gasteiger partial charge in [-0.2, -0.15) is 0 Å². The second kappa shape index (κ2) is 8.10. The molecule has 0 atom stereocenters. The van der Waals surface area contributed by atoms with Crippen molar-refractivity contribution in [3.8, 4) is 0 Å². The van der Waals surface area contributed by atoms with E-state index in [2.05, 4.69) is 0 Å². The highest BCUT2D eigenvalue weighted by Crippen LogP contribution is 2.51. The molecule has 0 saturated carbocycles. The number of ether oxygens (including phenoxy) is 2. The summed E-state index contributed by atoms with van der Waals surface area (Å²) in [4.78, 5) is 28.0. The predicted octanol–water partition coefficient (Wildman–Crippen LogP) is 4.27. The SMILES string of the molecule is CCOC(=O)C(C(=O)OCC)=C1Sc2ccccc2N1c1ccccc1. The van der Waals surface area contributed by atoms with Crippen molar-refractivity contribution < 1.29 is 19.1 Å². The summed E-state index contributed by atoms with van der Waals surface area (Å²) >= 11 is 1.36. The third kappa shape index (κ3) is 3.46. The van der Waals surface area contributed by atoms with Gasteiger partial charge in [0.2, 0.25) is 0 Å². The number of benzene rings is 2. The minimum atomic E-state index is -0.679. The number of fused-ring (bicyclic) bond motifs is 1. The van der Waals surface area contributed by atoms with E-state index in [0.29, 0.717) is 5.03 Å². The van der Waals surface area contributed by atoms with Crippen LogP contribution in [0.25, 0.3) is 0 Å². The van der Waals surface area contributed by atoms with Gasteiger partial charge in [0, 0.05) is 10.6 Å². The molecule has 6 heteroatoms. The first-order valence-electron chi connectivity index (χ1n) is 8.38. The maximum atomic E-state index is 12.6. The summed E-state index contributed by atoms with van der Waals surface area (Å²) in [5, 5.41) is 0.495. The van der Waals surface area contributed by atoms with Gasteiger partial charge in [0.1, 0.15) is 5.03 Å². The van der Waals surface area contributed by atoms with Gasteiger partial charge in [-0.3, -0.25) is 0 Å². The number of thioether (sulfide) groups is 1. The van der Waals surface area contributed by atoms with Crippen LogP contribution in [-0.2, 0) is 19.1 Å². The average molecular weight is 369 g/mol. The third-order valence-corrected chi connectivity index (χ3v) is 4.85. The summed E-state index contributed by atoms with van der Waals surface area (Å²) in [7, 11) is 0. The largest absolute Gasteiger partial charge is 0.462 e. The molecular weight excluding hydrogens is 350 g/mol. The Labute approximate surface area is 156 Å². The molecule has 134 valence electrons. The van der Waals surface area contributed by atoms with Crippen LogP contribution >= 0.6 is 11.8 Å². The van der Waals surface area contributed by atoms with Crippen LogP contribution in [0.5, 0.6) is 0 Å². The van der Waals surface area contributed by atoms with Crippen LogP contribution in [0.4, 0.5) is 11.4 Å². The van der Waals surface area contributed by atoms with E-state index in [1.807, 2.05) is 59.5 Å². The molecule has 0 N–H and O–H groups in total. The molecule has 1 aliphatic rings. The molecule has 26 heavy (non-hydrogen) atoms. The van der Waals surface area contributed by atoms with Gasteiger partial charge < -0.3 is 14.4 Å². The van der Waals surface area contributed by atoms with Gasteiger partial charge in [-0.25, -0.2) is 9.59 Å². The van der Waals surface area contributed by atoms with E-state index in [1.165, 1.54) is 11.8 Å². The highest BCUT2D eigenvalue weighted by atomic mass is 32.2. The fourth-order valence-corrected chi connectivity index (χ4v) is 3.83. The molecule has 0 aliphatic carbocycles. The zero-order valence-corrected chi connectivity index (χ0v) is 15.4. The lowest BCUT2D eigenvalue weighted by Crippen LogP contribution is -2.24. The van der Waals surface area contributed by atoms with E-state index in [-0.39, 0.29) is 18.8 Å². The van der Waals surface area contributed by atoms with Crippen molar-refractivity contribution in [3.05, 3.63) is 65.2 Å². The number of hydrogen-bond donors (Lipinski definition) is 0. The molecule has 0 saturated heterocycles. The normalized spacial score (nSPS) is 12.5. The Morgan fingerprint density at radius 2 is 1.46 bits per heavy atom. The second-order valence-electron chi connectivity index (χ2n) is 5.36. The van der Waals surface area contributed by atoms with E-state index in [1.54, 1.807) is 13.8 Å². The quantitative estimate of drug-likeness (QED) is 0.340. The maximum absolute atomic E-state index is 12.6.